The van der Waals surface area contributed by atoms with Gasteiger partial charge in [0.1, 0.15) is 6.10 Å². The standard InChI is InChI=1S/C14H19BrN4O/c1-3-10-14(15)11(18(2)17-10)6-13(20)12-7-16-8-19(12)9-4-5-9/h7-9,13,20H,3-6H2,1-2H3. The quantitative estimate of drug-likeness (QED) is 0.911. The van der Waals surface area contributed by atoms with Crippen molar-refractivity contribution in [2.45, 2.75) is 44.8 Å². The lowest BCUT2D eigenvalue weighted by atomic mass is 10.1. The summed E-state index contributed by atoms with van der Waals surface area (Å²) in [6.07, 6.45) is 6.85. The predicted molar refractivity (Wildman–Crippen MR) is 79.4 cm³/mol. The highest BCUT2D eigenvalue weighted by Gasteiger charge is 2.28. The van der Waals surface area contributed by atoms with E-state index in [1.807, 2.05) is 18.1 Å². The second kappa shape index (κ2) is 5.33. The number of rotatable bonds is 5. The van der Waals surface area contributed by atoms with Gasteiger partial charge in [-0.3, -0.25) is 4.68 Å². The van der Waals surface area contributed by atoms with Crippen LogP contribution >= 0.6 is 15.9 Å². The average molecular weight is 339 g/mol. The zero-order valence-electron chi connectivity index (χ0n) is 11.8. The Kier molecular flexibility index (Phi) is 3.69. The molecule has 1 aliphatic rings. The van der Waals surface area contributed by atoms with E-state index in [1.165, 1.54) is 12.8 Å². The Morgan fingerprint density at radius 1 is 1.50 bits per heavy atom. The van der Waals surface area contributed by atoms with Crippen LogP contribution in [0.2, 0.25) is 0 Å². The molecule has 1 aliphatic carbocycles. The molecular weight excluding hydrogens is 320 g/mol. The second-order valence-electron chi connectivity index (χ2n) is 5.36. The highest BCUT2D eigenvalue weighted by Crippen LogP contribution is 2.37. The SMILES string of the molecule is CCc1nn(C)c(CC(O)c2cncn2C2CC2)c1Br. The van der Waals surface area contributed by atoms with E-state index in [1.54, 1.807) is 6.20 Å². The van der Waals surface area contributed by atoms with E-state index in [4.69, 9.17) is 0 Å². The van der Waals surface area contributed by atoms with Crippen LogP contribution in [-0.2, 0) is 19.9 Å². The molecule has 2 heterocycles. The van der Waals surface area contributed by atoms with Gasteiger partial charge in [0.2, 0.25) is 0 Å². The fourth-order valence-electron chi connectivity index (χ4n) is 2.56. The van der Waals surface area contributed by atoms with E-state index in [2.05, 4.69) is 37.5 Å². The molecule has 0 spiro atoms. The fourth-order valence-corrected chi connectivity index (χ4v) is 3.34. The lowest BCUT2D eigenvalue weighted by Gasteiger charge is -2.14. The summed E-state index contributed by atoms with van der Waals surface area (Å²) >= 11 is 3.60. The van der Waals surface area contributed by atoms with Crippen LogP contribution in [0.25, 0.3) is 0 Å². The maximum Gasteiger partial charge on any atom is 0.101 e. The first-order valence-electron chi connectivity index (χ1n) is 7.01. The number of aryl methyl sites for hydroxylation is 2. The molecule has 0 aromatic carbocycles. The van der Waals surface area contributed by atoms with E-state index in [9.17, 15) is 5.11 Å². The van der Waals surface area contributed by atoms with Gasteiger partial charge in [0.05, 0.1) is 34.1 Å². The van der Waals surface area contributed by atoms with E-state index < -0.39 is 6.10 Å². The number of halogens is 1. The minimum Gasteiger partial charge on any atom is -0.386 e. The summed E-state index contributed by atoms with van der Waals surface area (Å²) in [5.41, 5.74) is 2.96. The van der Waals surface area contributed by atoms with Crippen LogP contribution in [0.4, 0.5) is 0 Å². The molecule has 1 atom stereocenters. The molecule has 0 aliphatic heterocycles. The molecule has 1 unspecified atom stereocenters. The molecule has 2 aromatic heterocycles. The third-order valence-electron chi connectivity index (χ3n) is 3.87. The van der Waals surface area contributed by atoms with Gasteiger partial charge in [0.25, 0.3) is 0 Å². The van der Waals surface area contributed by atoms with Gasteiger partial charge in [-0.05, 0) is 35.2 Å². The molecule has 108 valence electrons. The molecule has 1 saturated carbocycles. The molecule has 3 rings (SSSR count). The number of hydrogen-bond donors (Lipinski definition) is 1. The van der Waals surface area contributed by atoms with Crippen LogP contribution in [0, 0.1) is 0 Å². The Bertz CT molecular complexity index is 615. The number of hydrogen-bond acceptors (Lipinski definition) is 3. The molecule has 20 heavy (non-hydrogen) atoms. The van der Waals surface area contributed by atoms with Crippen LogP contribution in [0.5, 0.6) is 0 Å². The summed E-state index contributed by atoms with van der Waals surface area (Å²) in [6.45, 7) is 2.08. The van der Waals surface area contributed by atoms with E-state index in [-0.39, 0.29) is 0 Å². The fraction of sp³-hybridized carbons (Fsp3) is 0.571. The Labute approximate surface area is 126 Å². The van der Waals surface area contributed by atoms with E-state index >= 15 is 0 Å². The van der Waals surface area contributed by atoms with Crippen molar-refractivity contribution in [3.05, 3.63) is 34.1 Å². The van der Waals surface area contributed by atoms with E-state index in [0.29, 0.717) is 12.5 Å². The number of imidazole rings is 1. The Morgan fingerprint density at radius 2 is 2.25 bits per heavy atom. The largest absolute Gasteiger partial charge is 0.386 e. The minimum absolute atomic E-state index is 0.531. The van der Waals surface area contributed by atoms with Crippen LogP contribution in [0.3, 0.4) is 0 Å². The maximum atomic E-state index is 10.5. The molecule has 2 aromatic rings. The van der Waals surface area contributed by atoms with Gasteiger partial charge < -0.3 is 9.67 Å². The van der Waals surface area contributed by atoms with Crippen molar-refractivity contribution >= 4 is 15.9 Å². The number of aliphatic hydroxyl groups excluding tert-OH is 1. The van der Waals surface area contributed by atoms with Gasteiger partial charge in [-0.15, -0.1) is 0 Å². The van der Waals surface area contributed by atoms with Gasteiger partial charge in [0.15, 0.2) is 0 Å². The van der Waals surface area contributed by atoms with Crippen LogP contribution < -0.4 is 0 Å². The van der Waals surface area contributed by atoms with Crippen molar-refractivity contribution < 1.29 is 5.11 Å². The maximum absolute atomic E-state index is 10.5. The highest BCUT2D eigenvalue weighted by atomic mass is 79.9. The van der Waals surface area contributed by atoms with Crippen molar-refractivity contribution in [3.8, 4) is 0 Å². The summed E-state index contributed by atoms with van der Waals surface area (Å²) in [6, 6.07) is 0.531. The normalized spacial score (nSPS) is 16.6. The van der Waals surface area contributed by atoms with Crippen molar-refractivity contribution in [3.63, 3.8) is 0 Å². The lowest BCUT2D eigenvalue weighted by molar-refractivity contribution is 0.166. The van der Waals surface area contributed by atoms with Gasteiger partial charge in [-0.25, -0.2) is 4.98 Å². The highest BCUT2D eigenvalue weighted by molar-refractivity contribution is 9.10. The first-order chi connectivity index (χ1) is 9.61. The van der Waals surface area contributed by atoms with Crippen molar-refractivity contribution in [2.24, 2.45) is 7.05 Å². The van der Waals surface area contributed by atoms with E-state index in [0.717, 1.165) is 28.0 Å². The molecule has 0 bridgehead atoms. The second-order valence-corrected chi connectivity index (χ2v) is 6.15. The topological polar surface area (TPSA) is 55.9 Å². The zero-order chi connectivity index (χ0) is 14.3. The predicted octanol–water partition coefficient (Wildman–Crippen LogP) is 2.55. The minimum atomic E-state index is -0.547. The van der Waals surface area contributed by atoms with Gasteiger partial charge >= 0.3 is 0 Å². The lowest BCUT2D eigenvalue weighted by Crippen LogP contribution is -2.11. The van der Waals surface area contributed by atoms with Crippen LogP contribution in [-0.4, -0.2) is 24.4 Å². The van der Waals surface area contributed by atoms with Crippen LogP contribution in [0.1, 0.15) is 49.0 Å². The summed E-state index contributed by atoms with van der Waals surface area (Å²) < 4.78 is 4.97. The molecular formula is C14H19BrN4O. The summed E-state index contributed by atoms with van der Waals surface area (Å²) in [5.74, 6) is 0. The molecule has 1 N–H and O–H groups in total. The molecule has 6 heteroatoms. The average Bonchev–Trinajstić information content (AvgIpc) is 3.10. The van der Waals surface area contributed by atoms with Gasteiger partial charge in [-0.1, -0.05) is 6.92 Å². The number of aliphatic hydroxyl groups is 1. The zero-order valence-corrected chi connectivity index (χ0v) is 13.3. The van der Waals surface area contributed by atoms with Gasteiger partial charge in [-0.2, -0.15) is 5.10 Å². The van der Waals surface area contributed by atoms with Gasteiger partial charge in [0, 0.05) is 19.5 Å². The number of nitrogens with zero attached hydrogens (tertiary/aromatic N) is 4. The monoisotopic (exact) mass is 338 g/mol. The third kappa shape index (κ3) is 2.42. The molecule has 0 amide bonds. The van der Waals surface area contributed by atoms with Crippen molar-refractivity contribution in [2.75, 3.05) is 0 Å². The van der Waals surface area contributed by atoms with Crippen molar-refractivity contribution in [1.82, 2.24) is 19.3 Å². The molecule has 1 fully saturated rings. The molecule has 0 saturated heterocycles. The number of aromatic nitrogens is 4. The third-order valence-corrected chi connectivity index (χ3v) is 4.78. The Balaban J connectivity index is 1.83. The van der Waals surface area contributed by atoms with Crippen LogP contribution in [0.15, 0.2) is 17.0 Å². The molecule has 5 nitrogen and oxygen atoms in total. The summed E-state index contributed by atoms with van der Waals surface area (Å²) in [5, 5.41) is 15.0. The first-order valence-corrected chi connectivity index (χ1v) is 7.81. The first kappa shape index (κ1) is 13.8. The van der Waals surface area contributed by atoms with Crippen molar-refractivity contribution in [1.29, 1.82) is 0 Å². The molecule has 0 radical (unpaired) electrons. The summed E-state index contributed by atoms with van der Waals surface area (Å²) in [7, 11) is 1.92. The Morgan fingerprint density at radius 3 is 2.85 bits per heavy atom. The Hall–Kier alpha value is -1.14. The smallest absolute Gasteiger partial charge is 0.101 e. The summed E-state index contributed by atoms with van der Waals surface area (Å²) in [4.78, 5) is 4.18.